The van der Waals surface area contributed by atoms with Crippen molar-refractivity contribution in [2.24, 2.45) is 0 Å². The van der Waals surface area contributed by atoms with Crippen LogP contribution in [0.2, 0.25) is 0 Å². The number of aryl methyl sites for hydroxylation is 2. The molecule has 1 aromatic heterocycles. The molecule has 0 aliphatic carbocycles. The summed E-state index contributed by atoms with van der Waals surface area (Å²) in [4.78, 5) is 0. The molecule has 3 aromatic rings. The van der Waals surface area contributed by atoms with Crippen LogP contribution in [0.4, 0.5) is 10.1 Å². The summed E-state index contributed by atoms with van der Waals surface area (Å²) in [7, 11) is 0. The van der Waals surface area contributed by atoms with Crippen molar-refractivity contribution in [3.05, 3.63) is 65.2 Å². The second-order valence-electron chi connectivity index (χ2n) is 4.92. The molecule has 1 heterocycles. The van der Waals surface area contributed by atoms with Gasteiger partial charge in [-0.15, -0.1) is 0 Å². The van der Waals surface area contributed by atoms with E-state index in [-0.39, 0.29) is 5.82 Å². The molecule has 0 unspecified atom stereocenters. The van der Waals surface area contributed by atoms with Crippen molar-refractivity contribution in [2.75, 3.05) is 5.32 Å². The molecule has 102 valence electrons. The first kappa shape index (κ1) is 12.7. The Bertz CT molecular complexity index is 741. The topological polar surface area (TPSA) is 25.2 Å². The predicted molar refractivity (Wildman–Crippen MR) is 79.4 cm³/mol. The average molecular weight is 269 g/mol. The highest BCUT2D eigenvalue weighted by Gasteiger charge is 2.11. The lowest BCUT2D eigenvalue weighted by molar-refractivity contribution is 0.572. The highest BCUT2D eigenvalue weighted by Crippen LogP contribution is 2.27. The number of rotatable bonds is 3. The van der Waals surface area contributed by atoms with E-state index in [4.69, 9.17) is 4.42 Å². The molecule has 2 nitrogen and oxygen atoms in total. The Kier molecular flexibility index (Phi) is 3.18. The summed E-state index contributed by atoms with van der Waals surface area (Å²) in [6.07, 6.45) is 0. The molecule has 0 spiro atoms. The average Bonchev–Trinajstić information content (AvgIpc) is 2.74. The summed E-state index contributed by atoms with van der Waals surface area (Å²) >= 11 is 0. The van der Waals surface area contributed by atoms with E-state index >= 15 is 0 Å². The van der Waals surface area contributed by atoms with Crippen molar-refractivity contribution in [1.82, 2.24) is 0 Å². The fourth-order valence-corrected chi connectivity index (χ4v) is 2.47. The quantitative estimate of drug-likeness (QED) is 0.738. The van der Waals surface area contributed by atoms with Crippen LogP contribution >= 0.6 is 0 Å². The van der Waals surface area contributed by atoms with Crippen LogP contribution in [0, 0.1) is 19.7 Å². The number of furan rings is 1. The molecule has 0 fully saturated rings. The monoisotopic (exact) mass is 269 g/mol. The van der Waals surface area contributed by atoms with Crippen molar-refractivity contribution in [2.45, 2.75) is 20.4 Å². The smallest absolute Gasteiger partial charge is 0.146 e. The third kappa shape index (κ3) is 2.16. The number of hydrogen-bond acceptors (Lipinski definition) is 2. The lowest BCUT2D eigenvalue weighted by Gasteiger charge is -2.10. The minimum atomic E-state index is -0.226. The maximum Gasteiger partial charge on any atom is 0.146 e. The van der Waals surface area contributed by atoms with E-state index in [2.05, 4.69) is 5.32 Å². The number of hydrogen-bond donors (Lipinski definition) is 1. The second-order valence-corrected chi connectivity index (χ2v) is 4.92. The van der Waals surface area contributed by atoms with Gasteiger partial charge < -0.3 is 9.73 Å². The number of halogens is 1. The van der Waals surface area contributed by atoms with Crippen LogP contribution < -0.4 is 5.32 Å². The van der Waals surface area contributed by atoms with Gasteiger partial charge in [0.05, 0.1) is 5.69 Å². The Morgan fingerprint density at radius 3 is 2.65 bits per heavy atom. The Balaban J connectivity index is 1.93. The SMILES string of the molecule is Cc1cccc(F)c1NCc1c(C)oc2ccccc12. The molecular formula is C17H16FNO. The Morgan fingerprint density at radius 2 is 1.85 bits per heavy atom. The van der Waals surface area contributed by atoms with Gasteiger partial charge in [-0.1, -0.05) is 30.3 Å². The molecule has 0 saturated carbocycles. The molecule has 0 atom stereocenters. The Morgan fingerprint density at radius 1 is 1.05 bits per heavy atom. The summed E-state index contributed by atoms with van der Waals surface area (Å²) in [5.74, 6) is 0.642. The van der Waals surface area contributed by atoms with Crippen molar-refractivity contribution in [3.8, 4) is 0 Å². The molecular weight excluding hydrogens is 253 g/mol. The molecule has 0 radical (unpaired) electrons. The summed E-state index contributed by atoms with van der Waals surface area (Å²) in [6, 6.07) is 13.0. The Hall–Kier alpha value is -2.29. The van der Waals surface area contributed by atoms with Gasteiger partial charge >= 0.3 is 0 Å². The maximum atomic E-state index is 13.8. The standard InChI is InChI=1S/C17H16FNO/c1-11-6-5-8-15(18)17(11)19-10-14-12(2)20-16-9-4-3-7-13(14)16/h3-9,19H,10H2,1-2H3. The summed E-state index contributed by atoms with van der Waals surface area (Å²) in [6.45, 7) is 4.38. The Labute approximate surface area is 117 Å². The number of nitrogens with one attached hydrogen (secondary N) is 1. The van der Waals surface area contributed by atoms with Crippen LogP contribution in [0.15, 0.2) is 46.9 Å². The second kappa shape index (κ2) is 5.00. The first-order chi connectivity index (χ1) is 9.66. The van der Waals surface area contributed by atoms with E-state index < -0.39 is 0 Å². The van der Waals surface area contributed by atoms with Crippen LogP contribution in [0.1, 0.15) is 16.9 Å². The van der Waals surface area contributed by atoms with E-state index in [1.54, 1.807) is 6.07 Å². The molecule has 0 aliphatic heterocycles. The van der Waals surface area contributed by atoms with Gasteiger partial charge in [0.1, 0.15) is 17.2 Å². The summed E-state index contributed by atoms with van der Waals surface area (Å²) < 4.78 is 19.5. The molecule has 3 heteroatoms. The van der Waals surface area contributed by atoms with Crippen LogP contribution in [-0.2, 0) is 6.54 Å². The maximum absolute atomic E-state index is 13.8. The van der Waals surface area contributed by atoms with Crippen LogP contribution in [0.5, 0.6) is 0 Å². The lowest BCUT2D eigenvalue weighted by Crippen LogP contribution is -2.03. The summed E-state index contributed by atoms with van der Waals surface area (Å²) in [5.41, 5.74) is 3.39. The van der Waals surface area contributed by atoms with E-state index in [0.29, 0.717) is 12.2 Å². The van der Waals surface area contributed by atoms with E-state index in [9.17, 15) is 4.39 Å². The zero-order valence-corrected chi connectivity index (χ0v) is 11.5. The van der Waals surface area contributed by atoms with Crippen molar-refractivity contribution in [3.63, 3.8) is 0 Å². The normalized spacial score (nSPS) is 10.9. The van der Waals surface area contributed by atoms with Crippen molar-refractivity contribution < 1.29 is 8.81 Å². The lowest BCUT2D eigenvalue weighted by atomic mass is 10.1. The van der Waals surface area contributed by atoms with Crippen LogP contribution in [0.25, 0.3) is 11.0 Å². The molecule has 0 aliphatic rings. The molecule has 0 bridgehead atoms. The van der Waals surface area contributed by atoms with Gasteiger partial charge in [-0.3, -0.25) is 0 Å². The molecule has 0 saturated heterocycles. The highest BCUT2D eigenvalue weighted by molar-refractivity contribution is 5.82. The molecule has 20 heavy (non-hydrogen) atoms. The van der Waals surface area contributed by atoms with Crippen LogP contribution in [0.3, 0.4) is 0 Å². The molecule has 1 N–H and O–H groups in total. The fourth-order valence-electron chi connectivity index (χ4n) is 2.47. The van der Waals surface area contributed by atoms with Gasteiger partial charge in [-0.05, 0) is 31.5 Å². The number of para-hydroxylation sites is 2. The van der Waals surface area contributed by atoms with Crippen LogP contribution in [-0.4, -0.2) is 0 Å². The van der Waals surface area contributed by atoms with Gasteiger partial charge in [-0.2, -0.15) is 0 Å². The first-order valence-corrected chi connectivity index (χ1v) is 6.63. The van der Waals surface area contributed by atoms with Gasteiger partial charge in [-0.25, -0.2) is 4.39 Å². The van der Waals surface area contributed by atoms with E-state index in [1.165, 1.54) is 6.07 Å². The van der Waals surface area contributed by atoms with Gasteiger partial charge in [0, 0.05) is 17.5 Å². The van der Waals surface area contributed by atoms with E-state index in [1.807, 2.05) is 44.2 Å². The van der Waals surface area contributed by atoms with E-state index in [0.717, 1.165) is 27.9 Å². The fraction of sp³-hybridized carbons (Fsp3) is 0.176. The molecule has 3 rings (SSSR count). The van der Waals surface area contributed by atoms with Crippen molar-refractivity contribution >= 4 is 16.7 Å². The minimum absolute atomic E-state index is 0.226. The third-order valence-corrected chi connectivity index (χ3v) is 3.56. The zero-order valence-electron chi connectivity index (χ0n) is 11.5. The zero-order chi connectivity index (χ0) is 14.1. The number of benzene rings is 2. The van der Waals surface area contributed by atoms with Gasteiger partial charge in [0.15, 0.2) is 0 Å². The molecule has 2 aromatic carbocycles. The predicted octanol–water partition coefficient (Wildman–Crippen LogP) is 4.80. The largest absolute Gasteiger partial charge is 0.461 e. The van der Waals surface area contributed by atoms with Crippen molar-refractivity contribution in [1.29, 1.82) is 0 Å². The van der Waals surface area contributed by atoms with Gasteiger partial charge in [0.25, 0.3) is 0 Å². The molecule has 0 amide bonds. The first-order valence-electron chi connectivity index (χ1n) is 6.63. The summed E-state index contributed by atoms with van der Waals surface area (Å²) in [5, 5.41) is 4.26. The minimum Gasteiger partial charge on any atom is -0.461 e. The third-order valence-electron chi connectivity index (χ3n) is 3.56. The number of fused-ring (bicyclic) bond motifs is 1. The highest BCUT2D eigenvalue weighted by atomic mass is 19.1. The number of anilines is 1. The van der Waals surface area contributed by atoms with Gasteiger partial charge in [0.2, 0.25) is 0 Å².